The van der Waals surface area contributed by atoms with Crippen LogP contribution < -0.4 is 15.2 Å². The van der Waals surface area contributed by atoms with E-state index in [0.717, 1.165) is 18.2 Å². The number of sulfonamides is 1. The first-order chi connectivity index (χ1) is 10.7. The molecule has 2 aromatic rings. The van der Waals surface area contributed by atoms with Crippen LogP contribution in [0.2, 0.25) is 0 Å². The number of methoxy groups -OCH3 is 1. The molecular weight excluding hydrogens is 329 g/mol. The zero-order valence-electron chi connectivity index (χ0n) is 11.8. The fraction of sp³-hybridized carbons (Fsp3) is 0.0769. The molecule has 3 N–H and O–H groups in total. The second kappa shape index (κ2) is 6.18. The molecule has 0 bridgehead atoms. The van der Waals surface area contributed by atoms with Crippen molar-refractivity contribution in [1.82, 2.24) is 0 Å². The Morgan fingerprint density at radius 2 is 1.96 bits per heavy atom. The number of rotatable bonds is 5. The van der Waals surface area contributed by atoms with Gasteiger partial charge in [0.2, 0.25) is 10.0 Å². The van der Waals surface area contributed by atoms with Crippen molar-refractivity contribution in [2.45, 2.75) is 4.90 Å². The summed E-state index contributed by atoms with van der Waals surface area (Å²) in [5, 5.41) is 18.8. The van der Waals surface area contributed by atoms with Crippen molar-refractivity contribution in [3.63, 3.8) is 0 Å². The number of nitro groups is 1. The Morgan fingerprint density at radius 1 is 1.26 bits per heavy atom. The Bertz CT molecular complexity index is 870. The van der Waals surface area contributed by atoms with E-state index < -0.39 is 26.5 Å². The molecule has 0 heterocycles. The number of hydrogen-bond donors (Lipinski definition) is 2. The van der Waals surface area contributed by atoms with E-state index in [4.69, 9.17) is 9.88 Å². The lowest BCUT2D eigenvalue weighted by Crippen LogP contribution is -2.12. The minimum atomic E-state index is -4.07. The molecule has 0 atom stereocenters. The molecular formula is C13H12FN3O5S. The normalized spacial score (nSPS) is 11.1. The summed E-state index contributed by atoms with van der Waals surface area (Å²) in [7, 11) is -2.78. The molecule has 122 valence electrons. The third-order valence-electron chi connectivity index (χ3n) is 2.92. The maximum absolute atomic E-state index is 13.4. The van der Waals surface area contributed by atoms with Gasteiger partial charge in [-0.1, -0.05) is 0 Å². The molecule has 8 nitrogen and oxygen atoms in total. The Kier molecular flexibility index (Phi) is 4.48. The van der Waals surface area contributed by atoms with Gasteiger partial charge in [-0.3, -0.25) is 10.1 Å². The quantitative estimate of drug-likeness (QED) is 0.634. The second-order valence-electron chi connectivity index (χ2n) is 4.46. The summed E-state index contributed by atoms with van der Waals surface area (Å²) < 4.78 is 40.7. The number of benzene rings is 2. The van der Waals surface area contributed by atoms with Crippen molar-refractivity contribution in [3.05, 3.63) is 52.3 Å². The van der Waals surface area contributed by atoms with Crippen LogP contribution in [0.1, 0.15) is 0 Å². The van der Waals surface area contributed by atoms with E-state index in [0.29, 0.717) is 5.69 Å². The van der Waals surface area contributed by atoms with Crippen molar-refractivity contribution in [2.75, 3.05) is 12.4 Å². The van der Waals surface area contributed by atoms with E-state index in [2.05, 4.69) is 5.32 Å². The van der Waals surface area contributed by atoms with E-state index in [9.17, 15) is 22.9 Å². The van der Waals surface area contributed by atoms with E-state index in [1.165, 1.54) is 25.3 Å². The molecule has 0 amide bonds. The van der Waals surface area contributed by atoms with Gasteiger partial charge in [-0.25, -0.2) is 17.9 Å². The Labute approximate surface area is 130 Å². The fourth-order valence-corrected chi connectivity index (χ4v) is 2.37. The molecule has 23 heavy (non-hydrogen) atoms. The summed E-state index contributed by atoms with van der Waals surface area (Å²) >= 11 is 0. The molecule has 0 saturated carbocycles. The number of nitrogens with zero attached hydrogens (tertiary/aromatic N) is 1. The lowest BCUT2D eigenvalue weighted by molar-refractivity contribution is -0.384. The van der Waals surface area contributed by atoms with E-state index in [-0.39, 0.29) is 16.3 Å². The average molecular weight is 341 g/mol. The first-order valence-electron chi connectivity index (χ1n) is 6.14. The molecule has 0 aromatic heterocycles. The smallest absolute Gasteiger partial charge is 0.294 e. The maximum atomic E-state index is 13.4. The molecule has 2 rings (SSSR count). The molecule has 2 aromatic carbocycles. The summed E-state index contributed by atoms with van der Waals surface area (Å²) in [5.74, 6) is -0.629. The van der Waals surface area contributed by atoms with Gasteiger partial charge in [0.15, 0.2) is 11.6 Å². The van der Waals surface area contributed by atoms with Crippen LogP contribution in [0, 0.1) is 15.9 Å². The van der Waals surface area contributed by atoms with E-state index in [1.807, 2.05) is 0 Å². The number of nitrogens with two attached hydrogens (primary N) is 1. The van der Waals surface area contributed by atoms with Crippen LogP contribution in [0.25, 0.3) is 0 Å². The van der Waals surface area contributed by atoms with Gasteiger partial charge >= 0.3 is 0 Å². The van der Waals surface area contributed by atoms with Crippen LogP contribution in [0.5, 0.6) is 5.75 Å². The van der Waals surface area contributed by atoms with Crippen molar-refractivity contribution in [3.8, 4) is 5.75 Å². The minimum absolute atomic E-state index is 0.0241. The van der Waals surface area contributed by atoms with Gasteiger partial charge in [0.1, 0.15) is 5.69 Å². The number of nitro benzene ring substituents is 1. The summed E-state index contributed by atoms with van der Waals surface area (Å²) in [4.78, 5) is 9.98. The third kappa shape index (κ3) is 3.73. The zero-order valence-corrected chi connectivity index (χ0v) is 12.6. The Balaban J connectivity index is 2.46. The van der Waals surface area contributed by atoms with Crippen molar-refractivity contribution in [2.24, 2.45) is 5.14 Å². The number of halogens is 1. The van der Waals surface area contributed by atoms with Crippen LogP contribution >= 0.6 is 0 Å². The molecule has 0 aliphatic carbocycles. The van der Waals surface area contributed by atoms with Gasteiger partial charge in [-0.2, -0.15) is 0 Å². The molecule has 0 aliphatic rings. The van der Waals surface area contributed by atoms with Crippen molar-refractivity contribution >= 4 is 27.1 Å². The second-order valence-corrected chi connectivity index (χ2v) is 6.02. The van der Waals surface area contributed by atoms with E-state index >= 15 is 0 Å². The zero-order chi connectivity index (χ0) is 17.2. The van der Waals surface area contributed by atoms with Gasteiger partial charge in [0.25, 0.3) is 5.69 Å². The van der Waals surface area contributed by atoms with Crippen LogP contribution in [0.3, 0.4) is 0 Å². The van der Waals surface area contributed by atoms with Crippen LogP contribution in [-0.4, -0.2) is 20.5 Å². The standard InChI is InChI=1S/C13H12FN3O5S/c1-22-13-6-8(2-4-10(13)14)16-11-5-3-9(23(15,20)21)7-12(11)17(18)19/h2-7,16H,1H3,(H2,15,20,21). The predicted molar refractivity (Wildman–Crippen MR) is 80.7 cm³/mol. The molecule has 0 fully saturated rings. The van der Waals surface area contributed by atoms with Gasteiger partial charge in [0.05, 0.1) is 16.9 Å². The van der Waals surface area contributed by atoms with Gasteiger partial charge in [0, 0.05) is 17.8 Å². The molecule has 0 saturated heterocycles. The molecule has 0 unspecified atom stereocenters. The maximum Gasteiger partial charge on any atom is 0.294 e. The van der Waals surface area contributed by atoms with Gasteiger partial charge in [-0.15, -0.1) is 0 Å². The predicted octanol–water partition coefficient (Wildman–Crippen LogP) is 2.13. The first kappa shape index (κ1) is 16.6. The molecule has 0 aliphatic heterocycles. The van der Waals surface area contributed by atoms with Gasteiger partial charge < -0.3 is 10.1 Å². The SMILES string of the molecule is COc1cc(Nc2ccc(S(N)(=O)=O)cc2[N+](=O)[O-])ccc1F. The summed E-state index contributed by atoms with van der Waals surface area (Å²) in [6, 6.07) is 6.98. The highest BCUT2D eigenvalue weighted by atomic mass is 32.2. The van der Waals surface area contributed by atoms with Crippen LogP contribution in [0.15, 0.2) is 41.3 Å². The van der Waals surface area contributed by atoms with Gasteiger partial charge in [-0.05, 0) is 24.3 Å². The summed E-state index contributed by atoms with van der Waals surface area (Å²) in [6.07, 6.45) is 0. The summed E-state index contributed by atoms with van der Waals surface area (Å²) in [6.45, 7) is 0. The first-order valence-corrected chi connectivity index (χ1v) is 7.69. The molecule has 0 radical (unpaired) electrons. The lowest BCUT2D eigenvalue weighted by Gasteiger charge is -2.10. The monoisotopic (exact) mass is 341 g/mol. The van der Waals surface area contributed by atoms with Crippen LogP contribution in [-0.2, 0) is 10.0 Å². The van der Waals surface area contributed by atoms with Crippen LogP contribution in [0.4, 0.5) is 21.5 Å². The number of primary sulfonamides is 1. The number of nitrogens with one attached hydrogen (secondary N) is 1. The Morgan fingerprint density at radius 3 is 2.52 bits per heavy atom. The van der Waals surface area contributed by atoms with Crippen molar-refractivity contribution in [1.29, 1.82) is 0 Å². The Hall–Kier alpha value is -2.72. The minimum Gasteiger partial charge on any atom is -0.494 e. The third-order valence-corrected chi connectivity index (χ3v) is 3.84. The topological polar surface area (TPSA) is 125 Å². The highest BCUT2D eigenvalue weighted by Gasteiger charge is 2.19. The molecule has 0 spiro atoms. The fourth-order valence-electron chi connectivity index (χ4n) is 1.84. The van der Waals surface area contributed by atoms with E-state index in [1.54, 1.807) is 0 Å². The number of hydrogen-bond acceptors (Lipinski definition) is 6. The number of anilines is 2. The largest absolute Gasteiger partial charge is 0.494 e. The van der Waals surface area contributed by atoms with Crippen molar-refractivity contribution < 1.29 is 22.5 Å². The number of ether oxygens (including phenoxy) is 1. The highest BCUT2D eigenvalue weighted by molar-refractivity contribution is 7.89. The average Bonchev–Trinajstić information content (AvgIpc) is 2.48. The lowest BCUT2D eigenvalue weighted by atomic mass is 10.2. The summed E-state index contributed by atoms with van der Waals surface area (Å²) in [5.41, 5.74) is -0.134. The molecule has 10 heteroatoms. The highest BCUT2D eigenvalue weighted by Crippen LogP contribution is 2.31.